The van der Waals surface area contributed by atoms with Crippen molar-refractivity contribution in [1.29, 1.82) is 0 Å². The van der Waals surface area contributed by atoms with Gasteiger partial charge in [-0.2, -0.15) is 0 Å². The minimum atomic E-state index is -3.77. The molecule has 274 valence electrons. The van der Waals surface area contributed by atoms with Crippen LogP contribution < -0.4 is 35.4 Å². The van der Waals surface area contributed by atoms with Gasteiger partial charge in [-0.3, -0.25) is 0 Å². The number of hydrogen-bond acceptors (Lipinski definition) is 8. The molecule has 0 aliphatic rings. The number of nitrogens with zero attached hydrogens (tertiary/aromatic N) is 3. The molecule has 0 amide bonds. The van der Waals surface area contributed by atoms with E-state index < -0.39 is 33.5 Å². The third-order valence-electron chi connectivity index (χ3n) is 8.48. The van der Waals surface area contributed by atoms with E-state index in [1.165, 1.54) is 0 Å². The molecule has 56 heavy (non-hydrogen) atoms. The third-order valence-corrected chi connectivity index (χ3v) is 23.1. The molecule has 0 aromatic heterocycles. The SMILES string of the molecule is O=P(c1ccccc1)(c1ccccc1)c1ccccc1.O=P(c1ccccc1)(c1ccccc1)c1ccccc1.S=C=[N][Sn]([N]=C=S)([N]=C=S)[c]1ccccc1. The van der Waals surface area contributed by atoms with Crippen LogP contribution in [-0.4, -0.2) is 34.7 Å². The summed E-state index contributed by atoms with van der Waals surface area (Å²) in [4.78, 5) is 0. The molecule has 0 N–H and O–H groups in total. The minimum absolute atomic E-state index is 0.873. The van der Waals surface area contributed by atoms with Crippen molar-refractivity contribution in [3.63, 3.8) is 0 Å². The fourth-order valence-corrected chi connectivity index (χ4v) is 18.2. The van der Waals surface area contributed by atoms with Gasteiger partial charge in [0.2, 0.25) is 0 Å². The van der Waals surface area contributed by atoms with Crippen molar-refractivity contribution in [3.8, 4) is 0 Å². The fraction of sp³-hybridized carbons (Fsp3) is 0. The zero-order valence-electron chi connectivity index (χ0n) is 30.0. The first-order valence-corrected chi connectivity index (χ1v) is 27.2. The van der Waals surface area contributed by atoms with Crippen LogP contribution in [0.15, 0.2) is 222 Å². The maximum absolute atomic E-state index is 13.8. The van der Waals surface area contributed by atoms with Crippen LogP contribution in [0.5, 0.6) is 0 Å². The summed E-state index contributed by atoms with van der Waals surface area (Å²) >= 11 is 10.1. The van der Waals surface area contributed by atoms with Crippen molar-refractivity contribution in [2.24, 2.45) is 9.64 Å². The molecule has 0 aliphatic heterocycles. The monoisotopic (exact) mass is 927 g/mol. The fourth-order valence-electron chi connectivity index (χ4n) is 5.84. The van der Waals surface area contributed by atoms with Crippen LogP contribution in [0.3, 0.4) is 0 Å². The molecule has 0 saturated carbocycles. The summed E-state index contributed by atoms with van der Waals surface area (Å²) in [5.41, 5.74) is 0. The van der Waals surface area contributed by atoms with Gasteiger partial charge in [0.15, 0.2) is 14.3 Å². The first kappa shape index (κ1) is 42.3. The molecule has 0 atom stereocenters. The molecule has 0 radical (unpaired) electrons. The molecule has 7 rings (SSSR count). The summed E-state index contributed by atoms with van der Waals surface area (Å²) in [6.07, 6.45) is 0. The molecule has 11 heteroatoms. The molecule has 5 nitrogen and oxygen atoms in total. The van der Waals surface area contributed by atoms with Gasteiger partial charge in [0, 0.05) is 31.8 Å². The Balaban J connectivity index is 0.000000162. The van der Waals surface area contributed by atoms with Crippen molar-refractivity contribution in [1.82, 2.24) is 0 Å². The summed E-state index contributed by atoms with van der Waals surface area (Å²) in [6.45, 7) is 0. The molecule has 0 fully saturated rings. The molecule has 0 bridgehead atoms. The van der Waals surface area contributed by atoms with Gasteiger partial charge in [-0.15, -0.1) is 0 Å². The maximum atomic E-state index is 13.8. The van der Waals surface area contributed by atoms with Gasteiger partial charge in [-0.05, 0) is 0 Å². The molecule has 0 aliphatic carbocycles. The molecule has 0 spiro atoms. The van der Waals surface area contributed by atoms with E-state index in [0.717, 1.165) is 35.4 Å². The van der Waals surface area contributed by atoms with Crippen LogP contribution in [0.25, 0.3) is 0 Å². The molecule has 7 aromatic rings. The summed E-state index contributed by atoms with van der Waals surface area (Å²) in [7, 11) is -5.55. The number of benzene rings is 7. The van der Waals surface area contributed by atoms with Gasteiger partial charge in [0.1, 0.15) is 0 Å². The molecular weight excluding hydrogens is 891 g/mol. The summed E-state index contributed by atoms with van der Waals surface area (Å²) in [5, 5.41) is 12.2. The van der Waals surface area contributed by atoms with E-state index in [9.17, 15) is 9.13 Å². The standard InChI is InChI=1S/2C18H15OP.C6H5.3CNS.Sn/c2*19-20(16-10-4-1-5-11-16,17-12-6-2-7-13-17)18-14-8-3-9-15-18;1-2-4-6-5-3-1;3*2-1-3;/h2*1-15H;1-5H;;;;/q;;;3*-1;+3. The molecule has 0 heterocycles. The van der Waals surface area contributed by atoms with Crippen molar-refractivity contribution in [2.45, 2.75) is 0 Å². The van der Waals surface area contributed by atoms with Crippen molar-refractivity contribution >= 4 is 121 Å². The zero-order valence-corrected chi connectivity index (χ0v) is 37.1. The second kappa shape index (κ2) is 21.5. The summed E-state index contributed by atoms with van der Waals surface area (Å²) in [5.74, 6) is 0. The predicted molar refractivity (Wildman–Crippen MR) is 249 cm³/mol. The molecular formula is C45H35N3O2P2S3Sn. The Morgan fingerprint density at radius 3 is 0.679 bits per heavy atom. The van der Waals surface area contributed by atoms with Crippen LogP contribution >= 0.6 is 50.9 Å². The van der Waals surface area contributed by atoms with E-state index in [4.69, 9.17) is 0 Å². The van der Waals surface area contributed by atoms with Crippen LogP contribution in [-0.2, 0) is 9.13 Å². The van der Waals surface area contributed by atoms with Crippen LogP contribution in [0.2, 0.25) is 0 Å². The van der Waals surface area contributed by atoms with Gasteiger partial charge in [0.25, 0.3) is 0 Å². The first-order chi connectivity index (χ1) is 27.4. The second-order valence-corrected chi connectivity index (χ2v) is 25.1. The van der Waals surface area contributed by atoms with E-state index >= 15 is 0 Å². The topological polar surface area (TPSA) is 71.2 Å². The Morgan fingerprint density at radius 1 is 0.321 bits per heavy atom. The Morgan fingerprint density at radius 2 is 0.500 bits per heavy atom. The van der Waals surface area contributed by atoms with E-state index in [1.54, 1.807) is 0 Å². The van der Waals surface area contributed by atoms with E-state index in [-0.39, 0.29) is 0 Å². The third kappa shape index (κ3) is 10.3. The average molecular weight is 927 g/mol. The van der Waals surface area contributed by atoms with Gasteiger partial charge in [-0.1, -0.05) is 182 Å². The zero-order chi connectivity index (χ0) is 39.5. The number of thiocarbonyl (C=S) groups is 3. The summed E-state index contributed by atoms with van der Waals surface area (Å²) in [6, 6.07) is 67.7. The van der Waals surface area contributed by atoms with Crippen molar-refractivity contribution in [2.75, 3.05) is 0 Å². The Hall–Kier alpha value is -4.80. The Bertz CT molecular complexity index is 2150. The number of hydrogen-bond donors (Lipinski definition) is 0. The molecule has 0 unspecified atom stereocenters. The van der Waals surface area contributed by atoms with Crippen molar-refractivity contribution in [3.05, 3.63) is 212 Å². The first-order valence-electron chi connectivity index (χ1n) is 17.3. The van der Waals surface area contributed by atoms with Crippen LogP contribution in [0.4, 0.5) is 0 Å². The van der Waals surface area contributed by atoms with E-state index in [2.05, 4.69) is 61.8 Å². The number of isothiocyanates is 3. The predicted octanol–water partition coefficient (Wildman–Crippen LogP) is 8.79. The Kier molecular flexibility index (Phi) is 16.2. The molecule has 0 saturated heterocycles. The average Bonchev–Trinajstić information content (AvgIpc) is 3.28. The van der Waals surface area contributed by atoms with E-state index in [0.29, 0.717) is 0 Å². The Labute approximate surface area is 349 Å². The van der Waals surface area contributed by atoms with Gasteiger partial charge in [0.05, 0.1) is 0 Å². The van der Waals surface area contributed by atoms with Crippen LogP contribution in [0, 0.1) is 0 Å². The second-order valence-electron chi connectivity index (χ2n) is 11.8. The van der Waals surface area contributed by atoms with E-state index in [1.807, 2.05) is 212 Å². The normalized spacial score (nSPS) is 11.5. The molecule has 7 aromatic carbocycles. The van der Waals surface area contributed by atoms with Crippen molar-refractivity contribution < 1.29 is 9.13 Å². The van der Waals surface area contributed by atoms with Gasteiger partial charge >= 0.3 is 115 Å². The van der Waals surface area contributed by atoms with Gasteiger partial charge in [-0.25, -0.2) is 0 Å². The van der Waals surface area contributed by atoms with Gasteiger partial charge < -0.3 is 9.13 Å². The van der Waals surface area contributed by atoms with Crippen LogP contribution in [0.1, 0.15) is 0 Å². The number of rotatable bonds is 10. The summed E-state index contributed by atoms with van der Waals surface area (Å²) < 4.78 is 40.8. The quantitative estimate of drug-likeness (QED) is 0.0594.